The molecule has 1 heterocycles. The summed E-state index contributed by atoms with van der Waals surface area (Å²) in [6.45, 7) is 3.05. The fourth-order valence-corrected chi connectivity index (χ4v) is 6.60. The van der Waals surface area contributed by atoms with Crippen molar-refractivity contribution in [1.82, 2.24) is 10.2 Å². The third kappa shape index (κ3) is 4.06. The predicted octanol–water partition coefficient (Wildman–Crippen LogP) is 2.68. The predicted molar refractivity (Wildman–Crippen MR) is 107 cm³/mol. The Labute approximate surface area is 164 Å². The van der Waals surface area contributed by atoms with Gasteiger partial charge in [0.05, 0.1) is 6.10 Å². The number of nitrogens with two attached hydrogens (primary N) is 1. The zero-order chi connectivity index (χ0) is 18.9. The number of hydrogen-bond acceptors (Lipinski definition) is 4. The zero-order valence-corrected chi connectivity index (χ0v) is 17.1. The molecule has 27 heavy (non-hydrogen) atoms. The molecule has 4 aliphatic rings. The molecule has 0 aromatic heterocycles. The van der Waals surface area contributed by atoms with E-state index in [2.05, 4.69) is 10.2 Å². The van der Waals surface area contributed by atoms with Crippen LogP contribution in [-0.4, -0.2) is 55.2 Å². The summed E-state index contributed by atoms with van der Waals surface area (Å²) in [5.41, 5.74) is 6.60. The molecule has 3 aliphatic carbocycles. The van der Waals surface area contributed by atoms with Crippen molar-refractivity contribution in [2.45, 2.75) is 88.3 Å². The van der Waals surface area contributed by atoms with E-state index in [9.17, 15) is 4.79 Å². The molecule has 2 bridgehead atoms. The van der Waals surface area contributed by atoms with Gasteiger partial charge in [-0.05, 0) is 63.2 Å². The highest BCUT2D eigenvalue weighted by molar-refractivity contribution is 5.79. The number of nitrogens with zero attached hydrogens (tertiary/aromatic N) is 1. The standard InChI is InChI=1S/C22H39N3O2/c1-27-19-7-11-25(12-8-19)22(9-2-3-10-22)15-24-21(26)18-13-16-5-4-6-17(14-18)20(16)23/h16-20H,2-15,23H2,1H3,(H,24,26). The van der Waals surface area contributed by atoms with Crippen molar-refractivity contribution in [3.05, 3.63) is 0 Å². The molecule has 4 rings (SSSR count). The lowest BCUT2D eigenvalue weighted by atomic mass is 9.65. The first-order valence-corrected chi connectivity index (χ1v) is 11.4. The monoisotopic (exact) mass is 377 g/mol. The molecule has 0 aromatic rings. The van der Waals surface area contributed by atoms with Crippen molar-refractivity contribution in [1.29, 1.82) is 0 Å². The van der Waals surface area contributed by atoms with Crippen molar-refractivity contribution < 1.29 is 9.53 Å². The van der Waals surface area contributed by atoms with E-state index >= 15 is 0 Å². The topological polar surface area (TPSA) is 67.6 Å². The minimum Gasteiger partial charge on any atom is -0.381 e. The van der Waals surface area contributed by atoms with Gasteiger partial charge < -0.3 is 15.8 Å². The fraction of sp³-hybridized carbons (Fsp3) is 0.955. The highest BCUT2D eigenvalue weighted by Gasteiger charge is 2.43. The molecule has 1 saturated heterocycles. The number of amides is 1. The molecule has 154 valence electrons. The quantitative estimate of drug-likeness (QED) is 0.773. The van der Waals surface area contributed by atoms with E-state index in [-0.39, 0.29) is 11.5 Å². The van der Waals surface area contributed by atoms with Crippen LogP contribution in [-0.2, 0) is 9.53 Å². The lowest BCUT2D eigenvalue weighted by Crippen LogP contribution is -2.58. The normalized spacial score (nSPS) is 37.3. The van der Waals surface area contributed by atoms with Gasteiger partial charge in [0.15, 0.2) is 0 Å². The lowest BCUT2D eigenvalue weighted by Gasteiger charge is -2.46. The maximum atomic E-state index is 13.0. The van der Waals surface area contributed by atoms with Gasteiger partial charge >= 0.3 is 0 Å². The van der Waals surface area contributed by atoms with E-state index in [4.69, 9.17) is 10.5 Å². The molecule has 0 radical (unpaired) electrons. The minimum absolute atomic E-state index is 0.190. The van der Waals surface area contributed by atoms with Crippen LogP contribution in [0.5, 0.6) is 0 Å². The molecule has 5 nitrogen and oxygen atoms in total. The number of carbonyl (C=O) groups is 1. The second kappa shape index (κ2) is 8.38. The SMILES string of the molecule is COC1CCN(C2(CNC(=O)C3CC4CCCC(C3)C4N)CCCC2)CC1. The minimum atomic E-state index is 0.190. The number of carbonyl (C=O) groups excluding carboxylic acids is 1. The first-order valence-electron chi connectivity index (χ1n) is 11.4. The molecule has 0 aromatic carbocycles. The van der Waals surface area contributed by atoms with Gasteiger partial charge in [0.1, 0.15) is 0 Å². The molecule has 3 N–H and O–H groups in total. The Morgan fingerprint density at radius 1 is 1.07 bits per heavy atom. The van der Waals surface area contributed by atoms with Gasteiger partial charge in [0.2, 0.25) is 5.91 Å². The average Bonchev–Trinajstić information content (AvgIpc) is 3.16. The van der Waals surface area contributed by atoms with Crippen LogP contribution in [0.15, 0.2) is 0 Å². The van der Waals surface area contributed by atoms with Gasteiger partial charge in [-0.15, -0.1) is 0 Å². The Morgan fingerprint density at radius 3 is 2.30 bits per heavy atom. The number of methoxy groups -OCH3 is 1. The van der Waals surface area contributed by atoms with Gasteiger partial charge in [0.25, 0.3) is 0 Å². The van der Waals surface area contributed by atoms with Crippen LogP contribution in [0.1, 0.15) is 70.6 Å². The first kappa shape index (κ1) is 19.7. The molecular formula is C22H39N3O2. The highest BCUT2D eigenvalue weighted by atomic mass is 16.5. The van der Waals surface area contributed by atoms with Gasteiger partial charge in [-0.2, -0.15) is 0 Å². The smallest absolute Gasteiger partial charge is 0.223 e. The summed E-state index contributed by atoms with van der Waals surface area (Å²) in [7, 11) is 1.83. The molecule has 2 unspecified atom stereocenters. The number of rotatable bonds is 5. The maximum absolute atomic E-state index is 13.0. The zero-order valence-electron chi connectivity index (χ0n) is 17.1. The molecular weight excluding hydrogens is 338 g/mol. The number of fused-ring (bicyclic) bond motifs is 2. The highest BCUT2D eigenvalue weighted by Crippen LogP contribution is 2.42. The number of hydrogen-bond donors (Lipinski definition) is 2. The molecule has 4 fully saturated rings. The summed E-state index contributed by atoms with van der Waals surface area (Å²) in [6.07, 6.45) is 13.5. The van der Waals surface area contributed by atoms with Crippen molar-refractivity contribution in [2.75, 3.05) is 26.7 Å². The Morgan fingerprint density at radius 2 is 1.70 bits per heavy atom. The summed E-state index contributed by atoms with van der Waals surface area (Å²) in [5.74, 6) is 1.64. The van der Waals surface area contributed by atoms with Crippen molar-refractivity contribution in [3.8, 4) is 0 Å². The Balaban J connectivity index is 1.34. The Bertz CT molecular complexity index is 498. The van der Waals surface area contributed by atoms with Crippen molar-refractivity contribution in [2.24, 2.45) is 23.5 Å². The van der Waals surface area contributed by atoms with Crippen LogP contribution in [0.2, 0.25) is 0 Å². The number of likely N-dealkylation sites (tertiary alicyclic amines) is 1. The van der Waals surface area contributed by atoms with Crippen molar-refractivity contribution in [3.63, 3.8) is 0 Å². The molecule has 1 aliphatic heterocycles. The molecule has 3 saturated carbocycles. The fourth-order valence-electron chi connectivity index (χ4n) is 6.60. The second-order valence-corrected chi connectivity index (χ2v) is 9.77. The third-order valence-corrected chi connectivity index (χ3v) is 8.36. The van der Waals surface area contributed by atoms with Crippen molar-refractivity contribution >= 4 is 5.91 Å². The lowest BCUT2D eigenvalue weighted by molar-refractivity contribution is -0.128. The summed E-state index contributed by atoms with van der Waals surface area (Å²) in [4.78, 5) is 15.7. The van der Waals surface area contributed by atoms with Crippen LogP contribution in [0.3, 0.4) is 0 Å². The van der Waals surface area contributed by atoms with E-state index in [1.54, 1.807) is 0 Å². The van der Waals surface area contributed by atoms with Gasteiger partial charge in [-0.25, -0.2) is 0 Å². The molecule has 1 amide bonds. The van der Waals surface area contributed by atoms with E-state index in [1.165, 1.54) is 44.9 Å². The summed E-state index contributed by atoms with van der Waals surface area (Å²) in [6, 6.07) is 0.339. The van der Waals surface area contributed by atoms with E-state index in [0.29, 0.717) is 29.9 Å². The van der Waals surface area contributed by atoms with Gasteiger partial charge in [0, 0.05) is 44.2 Å². The summed E-state index contributed by atoms with van der Waals surface area (Å²) < 4.78 is 5.55. The Hall–Kier alpha value is -0.650. The van der Waals surface area contributed by atoms with Crippen LogP contribution in [0, 0.1) is 17.8 Å². The van der Waals surface area contributed by atoms with Crippen LogP contribution >= 0.6 is 0 Å². The number of nitrogens with one attached hydrogen (secondary N) is 1. The molecule has 5 heteroatoms. The van der Waals surface area contributed by atoms with Crippen LogP contribution in [0.4, 0.5) is 0 Å². The summed E-state index contributed by atoms with van der Waals surface area (Å²) in [5, 5.41) is 3.41. The molecule has 0 spiro atoms. The Kier molecular flexibility index (Phi) is 6.10. The first-order chi connectivity index (χ1) is 13.1. The van der Waals surface area contributed by atoms with Gasteiger partial charge in [-0.3, -0.25) is 9.69 Å². The average molecular weight is 378 g/mol. The third-order valence-electron chi connectivity index (χ3n) is 8.36. The number of ether oxygens (including phenoxy) is 1. The maximum Gasteiger partial charge on any atom is 0.223 e. The summed E-state index contributed by atoms with van der Waals surface area (Å²) >= 11 is 0. The van der Waals surface area contributed by atoms with E-state index < -0.39 is 0 Å². The van der Waals surface area contributed by atoms with E-state index in [0.717, 1.165) is 45.3 Å². The van der Waals surface area contributed by atoms with Crippen LogP contribution < -0.4 is 11.1 Å². The van der Waals surface area contributed by atoms with Crippen LogP contribution in [0.25, 0.3) is 0 Å². The molecule has 2 atom stereocenters. The largest absolute Gasteiger partial charge is 0.381 e. The van der Waals surface area contributed by atoms with Gasteiger partial charge in [-0.1, -0.05) is 19.3 Å². The second-order valence-electron chi connectivity index (χ2n) is 9.77. The number of piperidine rings is 1. The van der Waals surface area contributed by atoms with E-state index in [1.807, 2.05) is 7.11 Å².